The van der Waals surface area contributed by atoms with Gasteiger partial charge in [-0.1, -0.05) is 0 Å². The lowest BCUT2D eigenvalue weighted by Gasteiger charge is -2.37. The largest absolute Gasteiger partial charge is 0.394 e. The van der Waals surface area contributed by atoms with Crippen molar-refractivity contribution in [3.8, 4) is 0 Å². The molecule has 1 aromatic rings. The molecule has 0 amide bonds. The summed E-state index contributed by atoms with van der Waals surface area (Å²) in [6.07, 6.45) is -0.564. The van der Waals surface area contributed by atoms with E-state index < -0.39 is 17.7 Å². The van der Waals surface area contributed by atoms with Gasteiger partial charge in [-0.15, -0.1) is 0 Å². The van der Waals surface area contributed by atoms with E-state index in [1.807, 2.05) is 4.90 Å². The molecule has 146 valence electrons. The summed E-state index contributed by atoms with van der Waals surface area (Å²) in [5.74, 6) is -0.331. The summed E-state index contributed by atoms with van der Waals surface area (Å²) < 4.78 is 38.9. The maximum atomic E-state index is 13.0. The highest BCUT2D eigenvalue weighted by atomic mass is 19.4. The first-order valence-corrected chi connectivity index (χ1v) is 9.03. The summed E-state index contributed by atoms with van der Waals surface area (Å²) in [5.41, 5.74) is -1.40. The average molecular weight is 374 g/mol. The lowest BCUT2D eigenvalue weighted by molar-refractivity contribution is -0.199. The van der Waals surface area contributed by atoms with Gasteiger partial charge in [-0.05, 0) is 38.5 Å². The number of alkyl halides is 3. The van der Waals surface area contributed by atoms with E-state index in [1.165, 1.54) is 6.33 Å². The molecule has 2 fully saturated rings. The van der Waals surface area contributed by atoms with E-state index in [0.29, 0.717) is 24.5 Å². The Balaban J connectivity index is 1.63. The minimum absolute atomic E-state index is 0.0134. The molecule has 3 rings (SSSR count). The van der Waals surface area contributed by atoms with Crippen LogP contribution in [0.15, 0.2) is 12.4 Å². The molecule has 2 heterocycles. The van der Waals surface area contributed by atoms with Crippen LogP contribution in [-0.4, -0.2) is 57.7 Å². The number of hydrogen-bond donors (Lipinski definition) is 3. The second kappa shape index (κ2) is 7.56. The Hall–Kier alpha value is -1.61. The van der Waals surface area contributed by atoms with Gasteiger partial charge in [0.25, 0.3) is 0 Å². The van der Waals surface area contributed by atoms with Gasteiger partial charge in [0.15, 0.2) is 0 Å². The predicted octanol–water partition coefficient (Wildman–Crippen LogP) is 2.33. The van der Waals surface area contributed by atoms with E-state index in [9.17, 15) is 23.4 Å². The summed E-state index contributed by atoms with van der Waals surface area (Å²) >= 11 is 0. The van der Waals surface area contributed by atoms with Crippen molar-refractivity contribution in [2.45, 2.75) is 56.3 Å². The lowest BCUT2D eigenvalue weighted by Crippen LogP contribution is -2.45. The molecule has 2 aliphatic rings. The number of rotatable bonds is 5. The molecule has 1 aliphatic carbocycles. The van der Waals surface area contributed by atoms with E-state index in [-0.39, 0.29) is 32.0 Å². The van der Waals surface area contributed by atoms with Crippen LogP contribution in [0.2, 0.25) is 0 Å². The van der Waals surface area contributed by atoms with Crippen LogP contribution < -0.4 is 10.2 Å². The van der Waals surface area contributed by atoms with Crippen LogP contribution in [0.5, 0.6) is 0 Å². The highest BCUT2D eigenvalue weighted by Crippen LogP contribution is 2.41. The van der Waals surface area contributed by atoms with Crippen molar-refractivity contribution in [1.29, 1.82) is 0 Å². The quantitative estimate of drug-likeness (QED) is 0.734. The Morgan fingerprint density at radius 1 is 1.27 bits per heavy atom. The third-order valence-corrected chi connectivity index (χ3v) is 5.42. The SMILES string of the molecule is OCC1CCCN1c1cc(NCC2(O)CCCC(C(F)(F)F)C2)ncn1. The predicted molar refractivity (Wildman–Crippen MR) is 90.9 cm³/mol. The molecule has 3 unspecified atom stereocenters. The second-order valence-electron chi connectivity index (χ2n) is 7.35. The second-order valence-corrected chi connectivity index (χ2v) is 7.35. The van der Waals surface area contributed by atoms with Crippen LogP contribution in [0.1, 0.15) is 38.5 Å². The molecule has 26 heavy (non-hydrogen) atoms. The highest BCUT2D eigenvalue weighted by molar-refractivity contribution is 5.50. The molecule has 1 saturated heterocycles. The Morgan fingerprint density at radius 2 is 2.08 bits per heavy atom. The van der Waals surface area contributed by atoms with E-state index in [1.54, 1.807) is 6.07 Å². The first-order valence-electron chi connectivity index (χ1n) is 9.03. The van der Waals surface area contributed by atoms with Crippen molar-refractivity contribution in [3.63, 3.8) is 0 Å². The molecule has 1 saturated carbocycles. The molecule has 1 aliphatic heterocycles. The van der Waals surface area contributed by atoms with E-state index in [2.05, 4.69) is 15.3 Å². The number of nitrogens with one attached hydrogen (secondary N) is 1. The molecule has 3 atom stereocenters. The Bertz CT molecular complexity index is 616. The summed E-state index contributed by atoms with van der Waals surface area (Å²) in [6.45, 7) is 0.851. The maximum absolute atomic E-state index is 13.0. The summed E-state index contributed by atoms with van der Waals surface area (Å²) in [4.78, 5) is 10.3. The van der Waals surface area contributed by atoms with Crippen molar-refractivity contribution in [3.05, 3.63) is 12.4 Å². The Morgan fingerprint density at radius 3 is 2.81 bits per heavy atom. The van der Waals surface area contributed by atoms with Crippen LogP contribution >= 0.6 is 0 Å². The van der Waals surface area contributed by atoms with Crippen LogP contribution in [0.4, 0.5) is 24.8 Å². The lowest BCUT2D eigenvalue weighted by atomic mass is 9.77. The molecule has 6 nitrogen and oxygen atoms in total. The van der Waals surface area contributed by atoms with Crippen LogP contribution in [0, 0.1) is 5.92 Å². The fourth-order valence-corrected chi connectivity index (χ4v) is 3.96. The normalized spacial score (nSPS) is 29.8. The Labute approximate surface area is 150 Å². The van der Waals surface area contributed by atoms with Crippen LogP contribution in [-0.2, 0) is 0 Å². The van der Waals surface area contributed by atoms with Gasteiger partial charge in [0.05, 0.1) is 24.2 Å². The third kappa shape index (κ3) is 4.37. The van der Waals surface area contributed by atoms with Gasteiger partial charge in [-0.2, -0.15) is 13.2 Å². The van der Waals surface area contributed by atoms with E-state index >= 15 is 0 Å². The maximum Gasteiger partial charge on any atom is 0.391 e. The number of nitrogens with zero attached hydrogens (tertiary/aromatic N) is 3. The van der Waals surface area contributed by atoms with Crippen molar-refractivity contribution >= 4 is 11.6 Å². The minimum atomic E-state index is -4.27. The van der Waals surface area contributed by atoms with Gasteiger partial charge in [0.1, 0.15) is 18.0 Å². The molecule has 9 heteroatoms. The number of halogens is 3. The van der Waals surface area contributed by atoms with Crippen molar-refractivity contribution in [2.75, 3.05) is 29.9 Å². The number of hydrogen-bond acceptors (Lipinski definition) is 6. The standard InChI is InChI=1S/C17H25F3N4O2/c18-17(19,20)12-3-1-5-16(26,8-12)10-21-14-7-15(23-11-22-14)24-6-2-4-13(24)9-25/h7,11-13,25-26H,1-6,8-10H2,(H,21,22,23). The highest BCUT2D eigenvalue weighted by Gasteiger charge is 2.46. The molecular formula is C17H25F3N4O2. The minimum Gasteiger partial charge on any atom is -0.394 e. The molecular weight excluding hydrogens is 349 g/mol. The molecule has 0 bridgehead atoms. The summed E-state index contributed by atoms with van der Waals surface area (Å²) in [7, 11) is 0. The van der Waals surface area contributed by atoms with E-state index in [4.69, 9.17) is 0 Å². The van der Waals surface area contributed by atoms with Gasteiger partial charge in [-0.3, -0.25) is 0 Å². The van der Waals surface area contributed by atoms with Gasteiger partial charge in [-0.25, -0.2) is 9.97 Å². The molecule has 0 spiro atoms. The fraction of sp³-hybridized carbons (Fsp3) is 0.765. The monoisotopic (exact) mass is 374 g/mol. The zero-order valence-corrected chi connectivity index (χ0v) is 14.5. The molecule has 3 N–H and O–H groups in total. The first kappa shape index (κ1) is 19.2. The third-order valence-electron chi connectivity index (χ3n) is 5.42. The molecule has 0 radical (unpaired) electrons. The van der Waals surface area contributed by atoms with Crippen molar-refractivity contribution < 1.29 is 23.4 Å². The number of aliphatic hydroxyl groups is 2. The van der Waals surface area contributed by atoms with Gasteiger partial charge < -0.3 is 20.4 Å². The van der Waals surface area contributed by atoms with Crippen LogP contribution in [0.3, 0.4) is 0 Å². The first-order chi connectivity index (χ1) is 12.3. The van der Waals surface area contributed by atoms with Gasteiger partial charge >= 0.3 is 6.18 Å². The van der Waals surface area contributed by atoms with Gasteiger partial charge in [0.2, 0.25) is 0 Å². The van der Waals surface area contributed by atoms with E-state index in [0.717, 1.165) is 19.4 Å². The summed E-state index contributed by atoms with van der Waals surface area (Å²) in [5, 5.41) is 23.0. The Kier molecular flexibility index (Phi) is 5.57. The average Bonchev–Trinajstić information content (AvgIpc) is 3.08. The van der Waals surface area contributed by atoms with Crippen molar-refractivity contribution in [2.24, 2.45) is 5.92 Å². The zero-order chi connectivity index (χ0) is 18.8. The fourth-order valence-electron chi connectivity index (χ4n) is 3.96. The summed E-state index contributed by atoms with van der Waals surface area (Å²) in [6, 6.07) is 1.73. The van der Waals surface area contributed by atoms with Gasteiger partial charge in [0, 0.05) is 19.2 Å². The smallest absolute Gasteiger partial charge is 0.391 e. The molecule has 0 aromatic carbocycles. The van der Waals surface area contributed by atoms with Crippen LogP contribution in [0.25, 0.3) is 0 Å². The van der Waals surface area contributed by atoms with Crippen molar-refractivity contribution in [1.82, 2.24) is 9.97 Å². The number of aromatic nitrogens is 2. The zero-order valence-electron chi connectivity index (χ0n) is 14.5. The topological polar surface area (TPSA) is 81.5 Å². The molecule has 1 aromatic heterocycles. The number of aliphatic hydroxyl groups excluding tert-OH is 1. The number of anilines is 2.